The van der Waals surface area contributed by atoms with Crippen LogP contribution in [0.4, 0.5) is 5.69 Å². The molecule has 2 aromatic rings. The van der Waals surface area contributed by atoms with Crippen LogP contribution < -0.4 is 20.2 Å². The van der Waals surface area contributed by atoms with E-state index in [1.807, 2.05) is 30.3 Å². The highest BCUT2D eigenvalue weighted by Gasteiger charge is 2.03. The summed E-state index contributed by atoms with van der Waals surface area (Å²) in [5.41, 5.74) is 4.11. The van der Waals surface area contributed by atoms with E-state index in [-0.39, 0.29) is 12.5 Å². The molecule has 0 fully saturated rings. The number of ether oxygens (including phenoxy) is 2. The van der Waals surface area contributed by atoms with Crippen molar-refractivity contribution < 1.29 is 14.3 Å². The quantitative estimate of drug-likeness (QED) is 0.561. The van der Waals surface area contributed by atoms with Crippen LogP contribution in [0.5, 0.6) is 11.5 Å². The van der Waals surface area contributed by atoms with Crippen molar-refractivity contribution in [2.45, 2.75) is 0 Å². The second-order valence-electron chi connectivity index (χ2n) is 4.77. The monoisotopic (exact) mass is 391 g/mol. The van der Waals surface area contributed by atoms with E-state index in [0.29, 0.717) is 11.5 Å². The summed E-state index contributed by atoms with van der Waals surface area (Å²) >= 11 is 3.36. The molecule has 2 N–H and O–H groups in total. The van der Waals surface area contributed by atoms with Gasteiger partial charge in [-0.05, 0) is 48.0 Å². The summed E-state index contributed by atoms with van der Waals surface area (Å²) in [6.45, 7) is 0.130. The minimum absolute atomic E-state index is 0.130. The van der Waals surface area contributed by atoms with Crippen LogP contribution in [0.3, 0.4) is 0 Å². The van der Waals surface area contributed by atoms with Crippen molar-refractivity contribution in [1.29, 1.82) is 0 Å². The first-order valence-electron chi connectivity index (χ1n) is 7.15. The van der Waals surface area contributed by atoms with Crippen molar-refractivity contribution in [3.63, 3.8) is 0 Å². The number of rotatable bonds is 7. The van der Waals surface area contributed by atoms with Gasteiger partial charge in [0, 0.05) is 10.2 Å². The molecule has 0 aliphatic carbocycles. The number of halogens is 1. The minimum Gasteiger partial charge on any atom is -0.493 e. The van der Waals surface area contributed by atoms with Gasteiger partial charge in [-0.25, -0.2) is 5.43 Å². The first kappa shape index (κ1) is 17.8. The third kappa shape index (κ3) is 5.27. The molecule has 0 spiro atoms. The Morgan fingerprint density at radius 1 is 1.12 bits per heavy atom. The maximum absolute atomic E-state index is 11.8. The van der Waals surface area contributed by atoms with Crippen LogP contribution in [0, 0.1) is 0 Å². The van der Waals surface area contributed by atoms with Crippen molar-refractivity contribution in [3.8, 4) is 11.5 Å². The van der Waals surface area contributed by atoms with Gasteiger partial charge in [0.1, 0.15) is 0 Å². The lowest BCUT2D eigenvalue weighted by Gasteiger charge is -2.07. The molecule has 0 radical (unpaired) electrons. The fraction of sp³-hybridized carbons (Fsp3) is 0.176. The number of hydrogen-bond acceptors (Lipinski definition) is 5. The Balaban J connectivity index is 1.84. The largest absolute Gasteiger partial charge is 0.493 e. The molecule has 126 valence electrons. The fourth-order valence-electron chi connectivity index (χ4n) is 1.90. The first-order valence-corrected chi connectivity index (χ1v) is 7.95. The van der Waals surface area contributed by atoms with E-state index < -0.39 is 0 Å². The van der Waals surface area contributed by atoms with Gasteiger partial charge in [-0.15, -0.1) is 0 Å². The van der Waals surface area contributed by atoms with Crippen molar-refractivity contribution in [2.75, 3.05) is 26.1 Å². The average Bonchev–Trinajstić information content (AvgIpc) is 2.61. The van der Waals surface area contributed by atoms with Gasteiger partial charge in [0.15, 0.2) is 11.5 Å². The lowest BCUT2D eigenvalue weighted by Crippen LogP contribution is -2.25. The molecule has 0 saturated heterocycles. The topological polar surface area (TPSA) is 72.0 Å². The second kappa shape index (κ2) is 8.93. The third-order valence-corrected chi connectivity index (χ3v) is 3.64. The summed E-state index contributed by atoms with van der Waals surface area (Å²) in [4.78, 5) is 11.8. The predicted octanol–water partition coefficient (Wildman–Crippen LogP) is 3.03. The summed E-state index contributed by atoms with van der Waals surface area (Å²) in [7, 11) is 3.14. The summed E-state index contributed by atoms with van der Waals surface area (Å²) in [6, 6.07) is 12.9. The fourth-order valence-corrected chi connectivity index (χ4v) is 2.17. The van der Waals surface area contributed by atoms with Crippen LogP contribution in [-0.4, -0.2) is 32.9 Å². The van der Waals surface area contributed by atoms with Gasteiger partial charge in [-0.1, -0.05) is 15.9 Å². The Morgan fingerprint density at radius 2 is 1.83 bits per heavy atom. The number of anilines is 1. The standard InChI is InChI=1S/C17H18BrN3O3/c1-23-15-8-3-12(9-16(15)24-2)10-20-21-17(22)11-19-14-6-4-13(18)5-7-14/h3-10,19H,11H2,1-2H3,(H,21,22)/b20-10-. The van der Waals surface area contributed by atoms with E-state index in [4.69, 9.17) is 9.47 Å². The van der Waals surface area contributed by atoms with Crippen molar-refractivity contribution in [1.82, 2.24) is 5.43 Å². The number of methoxy groups -OCH3 is 2. The molecule has 7 heteroatoms. The summed E-state index contributed by atoms with van der Waals surface area (Å²) in [5.74, 6) is 0.997. The lowest BCUT2D eigenvalue weighted by molar-refractivity contribution is -0.119. The number of hydrazone groups is 1. The smallest absolute Gasteiger partial charge is 0.259 e. The van der Waals surface area contributed by atoms with Crippen LogP contribution in [0.1, 0.15) is 5.56 Å². The number of carbonyl (C=O) groups is 1. The molecule has 2 aromatic carbocycles. The van der Waals surface area contributed by atoms with E-state index in [1.165, 1.54) is 0 Å². The van der Waals surface area contributed by atoms with Crippen LogP contribution in [0.15, 0.2) is 52.0 Å². The molecule has 1 amide bonds. The van der Waals surface area contributed by atoms with E-state index in [1.54, 1.807) is 32.6 Å². The molecule has 0 aliphatic heterocycles. The summed E-state index contributed by atoms with van der Waals surface area (Å²) < 4.78 is 11.4. The van der Waals surface area contributed by atoms with Gasteiger partial charge in [0.25, 0.3) is 5.91 Å². The highest BCUT2D eigenvalue weighted by Crippen LogP contribution is 2.26. The number of amides is 1. The molecule has 0 atom stereocenters. The molecule has 0 heterocycles. The molecule has 0 saturated carbocycles. The predicted molar refractivity (Wildman–Crippen MR) is 97.9 cm³/mol. The molecule has 2 rings (SSSR count). The molecule has 0 aromatic heterocycles. The molecular formula is C17H18BrN3O3. The minimum atomic E-state index is -0.241. The zero-order valence-electron chi connectivity index (χ0n) is 13.4. The van der Waals surface area contributed by atoms with Crippen molar-refractivity contribution >= 4 is 33.7 Å². The van der Waals surface area contributed by atoms with Gasteiger partial charge in [-0.3, -0.25) is 4.79 Å². The number of benzene rings is 2. The van der Waals surface area contributed by atoms with Crippen LogP contribution in [0.2, 0.25) is 0 Å². The normalized spacial score (nSPS) is 10.5. The molecule has 0 aliphatic rings. The van der Waals surface area contributed by atoms with Gasteiger partial charge in [-0.2, -0.15) is 5.10 Å². The Labute approximate surface area is 149 Å². The van der Waals surface area contributed by atoms with Crippen LogP contribution in [-0.2, 0) is 4.79 Å². The number of nitrogens with zero attached hydrogens (tertiary/aromatic N) is 1. The SMILES string of the molecule is COc1ccc(/C=N\NC(=O)CNc2ccc(Br)cc2)cc1OC. The third-order valence-electron chi connectivity index (χ3n) is 3.11. The Hall–Kier alpha value is -2.54. The van der Waals surface area contributed by atoms with Crippen LogP contribution in [0.25, 0.3) is 0 Å². The number of carbonyl (C=O) groups excluding carboxylic acids is 1. The van der Waals surface area contributed by atoms with Crippen molar-refractivity contribution in [3.05, 3.63) is 52.5 Å². The lowest BCUT2D eigenvalue weighted by atomic mass is 10.2. The molecule has 6 nitrogen and oxygen atoms in total. The van der Waals surface area contributed by atoms with Gasteiger partial charge in [0.2, 0.25) is 0 Å². The zero-order valence-corrected chi connectivity index (χ0v) is 15.0. The molecule has 0 unspecified atom stereocenters. The molecule has 0 bridgehead atoms. The highest BCUT2D eigenvalue weighted by atomic mass is 79.9. The highest BCUT2D eigenvalue weighted by molar-refractivity contribution is 9.10. The van der Waals surface area contributed by atoms with E-state index in [2.05, 4.69) is 31.8 Å². The summed E-state index contributed by atoms with van der Waals surface area (Å²) in [6.07, 6.45) is 1.54. The number of hydrogen-bond donors (Lipinski definition) is 2. The Kier molecular flexibility index (Phi) is 6.62. The maximum atomic E-state index is 11.8. The molecule has 24 heavy (non-hydrogen) atoms. The van der Waals surface area contributed by atoms with Crippen LogP contribution >= 0.6 is 15.9 Å². The Bertz CT molecular complexity index is 718. The number of nitrogens with one attached hydrogen (secondary N) is 2. The average molecular weight is 392 g/mol. The summed E-state index contributed by atoms with van der Waals surface area (Å²) in [5, 5.41) is 6.94. The first-order chi connectivity index (χ1) is 11.6. The van der Waals surface area contributed by atoms with E-state index >= 15 is 0 Å². The van der Waals surface area contributed by atoms with E-state index in [9.17, 15) is 4.79 Å². The molecular weight excluding hydrogens is 374 g/mol. The van der Waals surface area contributed by atoms with E-state index in [0.717, 1.165) is 15.7 Å². The van der Waals surface area contributed by atoms with Gasteiger partial charge < -0.3 is 14.8 Å². The van der Waals surface area contributed by atoms with Gasteiger partial charge >= 0.3 is 0 Å². The zero-order chi connectivity index (χ0) is 17.4. The maximum Gasteiger partial charge on any atom is 0.259 e. The van der Waals surface area contributed by atoms with Crippen molar-refractivity contribution in [2.24, 2.45) is 5.10 Å². The second-order valence-corrected chi connectivity index (χ2v) is 5.68. The Morgan fingerprint density at radius 3 is 2.50 bits per heavy atom. The van der Waals surface area contributed by atoms with Gasteiger partial charge in [0.05, 0.1) is 27.0 Å².